The summed E-state index contributed by atoms with van der Waals surface area (Å²) in [6.45, 7) is 1.51. The summed E-state index contributed by atoms with van der Waals surface area (Å²) in [5.74, 6) is -0.980. The first-order valence-corrected chi connectivity index (χ1v) is 12.1. The molecule has 0 radical (unpaired) electrons. The molecule has 0 fully saturated rings. The molecular formula is C23H21NO5S2. The normalized spacial score (nSPS) is 12.8. The number of carbonyl (C=O) groups excluding carboxylic acids is 2. The number of ether oxygens (including phenoxy) is 1. The van der Waals surface area contributed by atoms with Crippen LogP contribution in [-0.4, -0.2) is 32.5 Å². The monoisotopic (exact) mass is 455 g/mol. The van der Waals surface area contributed by atoms with E-state index < -0.39 is 22.1 Å². The van der Waals surface area contributed by atoms with Gasteiger partial charge in [-0.3, -0.25) is 9.52 Å². The van der Waals surface area contributed by atoms with E-state index in [0.29, 0.717) is 16.8 Å². The molecule has 1 aromatic heterocycles. The number of anilines is 1. The Morgan fingerprint density at radius 3 is 2.26 bits per heavy atom. The van der Waals surface area contributed by atoms with Crippen LogP contribution in [0.15, 0.2) is 72.1 Å². The number of nitrogens with one attached hydrogen (secondary N) is 1. The van der Waals surface area contributed by atoms with E-state index in [1.54, 1.807) is 6.08 Å². The second-order valence-electron chi connectivity index (χ2n) is 6.81. The van der Waals surface area contributed by atoms with Gasteiger partial charge in [0.1, 0.15) is 0 Å². The molecule has 0 bridgehead atoms. The smallest absolute Gasteiger partial charge is 0.340 e. The fourth-order valence-corrected chi connectivity index (χ4v) is 4.10. The Balaban J connectivity index is 1.76. The molecular weight excluding hydrogens is 434 g/mol. The number of rotatable bonds is 8. The van der Waals surface area contributed by atoms with Crippen LogP contribution in [0.5, 0.6) is 0 Å². The molecule has 1 atom stereocenters. The lowest BCUT2D eigenvalue weighted by Gasteiger charge is -2.14. The van der Waals surface area contributed by atoms with Gasteiger partial charge in [0.05, 0.1) is 11.8 Å². The van der Waals surface area contributed by atoms with Gasteiger partial charge in [-0.1, -0.05) is 36.4 Å². The number of sulfonamides is 1. The zero-order chi connectivity index (χ0) is 22.4. The molecule has 0 spiro atoms. The van der Waals surface area contributed by atoms with Crippen molar-refractivity contribution < 1.29 is 22.7 Å². The molecule has 160 valence electrons. The molecule has 0 saturated carbocycles. The lowest BCUT2D eigenvalue weighted by Crippen LogP contribution is -2.24. The molecule has 0 aliphatic rings. The molecule has 8 heteroatoms. The van der Waals surface area contributed by atoms with Crippen molar-refractivity contribution in [2.75, 3.05) is 11.0 Å². The molecule has 6 nitrogen and oxygen atoms in total. The van der Waals surface area contributed by atoms with Crippen LogP contribution in [0.1, 0.15) is 27.7 Å². The highest BCUT2D eigenvalue weighted by Crippen LogP contribution is 2.25. The number of carbonyl (C=O) groups is 2. The molecule has 1 unspecified atom stereocenters. The van der Waals surface area contributed by atoms with Gasteiger partial charge in [0, 0.05) is 16.1 Å². The highest BCUT2D eigenvalue weighted by molar-refractivity contribution is 7.92. The predicted molar refractivity (Wildman–Crippen MR) is 123 cm³/mol. The summed E-state index contributed by atoms with van der Waals surface area (Å²) < 4.78 is 30.4. The van der Waals surface area contributed by atoms with Crippen molar-refractivity contribution in [3.8, 4) is 0 Å². The minimum Gasteiger partial charge on any atom is -0.451 e. The van der Waals surface area contributed by atoms with Crippen molar-refractivity contribution in [2.45, 2.75) is 13.0 Å². The Bertz CT molecular complexity index is 1180. The Morgan fingerprint density at radius 1 is 1.00 bits per heavy atom. The van der Waals surface area contributed by atoms with Gasteiger partial charge in [0.25, 0.3) is 0 Å². The van der Waals surface area contributed by atoms with Gasteiger partial charge < -0.3 is 4.74 Å². The van der Waals surface area contributed by atoms with Crippen molar-refractivity contribution in [2.24, 2.45) is 0 Å². The third-order valence-corrected chi connectivity index (χ3v) is 5.75. The number of Topliss-reactive ketones (excluding diaryl/α,β-unsaturated/α-hetero) is 1. The molecule has 0 amide bonds. The molecule has 3 aromatic rings. The second kappa shape index (κ2) is 9.72. The quantitative estimate of drug-likeness (QED) is 0.307. The summed E-state index contributed by atoms with van der Waals surface area (Å²) in [5, 5.41) is 1.86. The minimum absolute atomic E-state index is 0.309. The van der Waals surface area contributed by atoms with E-state index in [0.717, 1.165) is 16.7 Å². The summed E-state index contributed by atoms with van der Waals surface area (Å²) in [7, 11) is -3.41. The van der Waals surface area contributed by atoms with E-state index in [2.05, 4.69) is 4.72 Å². The molecule has 0 aliphatic carbocycles. The van der Waals surface area contributed by atoms with Gasteiger partial charge in [-0.05, 0) is 54.3 Å². The summed E-state index contributed by atoms with van der Waals surface area (Å²) in [6.07, 6.45) is 1.76. The first kappa shape index (κ1) is 22.5. The van der Waals surface area contributed by atoms with Crippen LogP contribution in [0.2, 0.25) is 0 Å². The molecule has 3 rings (SSSR count). The van der Waals surface area contributed by atoms with Crippen LogP contribution >= 0.6 is 11.3 Å². The Kier molecular flexibility index (Phi) is 7.04. The number of esters is 1. The third kappa shape index (κ3) is 6.37. The first-order valence-electron chi connectivity index (χ1n) is 9.36. The maximum absolute atomic E-state index is 12.9. The average Bonchev–Trinajstić information content (AvgIpc) is 3.26. The predicted octanol–water partition coefficient (Wildman–Crippen LogP) is 4.47. The van der Waals surface area contributed by atoms with E-state index in [1.807, 2.05) is 47.8 Å². The fourth-order valence-electron chi connectivity index (χ4n) is 2.81. The van der Waals surface area contributed by atoms with Gasteiger partial charge in [0.2, 0.25) is 15.8 Å². The van der Waals surface area contributed by atoms with E-state index in [1.165, 1.54) is 42.5 Å². The van der Waals surface area contributed by atoms with Gasteiger partial charge in [-0.25, -0.2) is 13.2 Å². The zero-order valence-electron chi connectivity index (χ0n) is 16.9. The summed E-state index contributed by atoms with van der Waals surface area (Å²) in [4.78, 5) is 26.3. The third-order valence-electron chi connectivity index (χ3n) is 4.24. The molecule has 0 saturated heterocycles. The maximum Gasteiger partial charge on any atom is 0.340 e. The number of hydrogen-bond acceptors (Lipinski definition) is 6. The maximum atomic E-state index is 12.9. The molecule has 31 heavy (non-hydrogen) atoms. The first-order chi connectivity index (χ1) is 14.7. The Labute approximate surface area is 185 Å². The molecule has 0 aliphatic heterocycles. The summed E-state index contributed by atoms with van der Waals surface area (Å²) in [5.41, 5.74) is 1.86. The highest BCUT2D eigenvalue weighted by atomic mass is 32.2. The number of ketones is 1. The SMILES string of the molecule is CC(OC(=O)/C(=C/c1ccccc1)c1cccs1)C(=O)c1ccc(NS(C)(=O)=O)cc1. The number of hydrogen-bond donors (Lipinski definition) is 1. The van der Waals surface area contributed by atoms with Gasteiger partial charge in [-0.2, -0.15) is 0 Å². The van der Waals surface area contributed by atoms with Crippen LogP contribution < -0.4 is 4.72 Å². The molecule has 2 aromatic carbocycles. The van der Waals surface area contributed by atoms with Crippen molar-refractivity contribution in [3.63, 3.8) is 0 Å². The number of benzene rings is 2. The molecule has 1 heterocycles. The van der Waals surface area contributed by atoms with Crippen molar-refractivity contribution >= 4 is 50.4 Å². The Morgan fingerprint density at radius 2 is 1.68 bits per heavy atom. The van der Waals surface area contributed by atoms with Gasteiger partial charge in [0.15, 0.2) is 6.10 Å². The Hall–Kier alpha value is -3.23. The van der Waals surface area contributed by atoms with Crippen LogP contribution in [0, 0.1) is 0 Å². The van der Waals surface area contributed by atoms with E-state index in [4.69, 9.17) is 4.74 Å². The topological polar surface area (TPSA) is 89.5 Å². The van der Waals surface area contributed by atoms with Crippen molar-refractivity contribution in [1.29, 1.82) is 0 Å². The van der Waals surface area contributed by atoms with E-state index in [-0.39, 0.29) is 5.78 Å². The van der Waals surface area contributed by atoms with Crippen LogP contribution in [0.25, 0.3) is 11.6 Å². The second-order valence-corrected chi connectivity index (χ2v) is 9.51. The van der Waals surface area contributed by atoms with Crippen LogP contribution in [-0.2, 0) is 19.6 Å². The lowest BCUT2D eigenvalue weighted by atomic mass is 10.1. The van der Waals surface area contributed by atoms with Crippen molar-refractivity contribution in [3.05, 3.63) is 88.1 Å². The van der Waals surface area contributed by atoms with E-state index in [9.17, 15) is 18.0 Å². The average molecular weight is 456 g/mol. The minimum atomic E-state index is -3.41. The van der Waals surface area contributed by atoms with E-state index >= 15 is 0 Å². The fraction of sp³-hybridized carbons (Fsp3) is 0.130. The largest absolute Gasteiger partial charge is 0.451 e. The van der Waals surface area contributed by atoms with Crippen LogP contribution in [0.3, 0.4) is 0 Å². The van der Waals surface area contributed by atoms with Gasteiger partial charge >= 0.3 is 5.97 Å². The van der Waals surface area contributed by atoms with Crippen molar-refractivity contribution in [1.82, 2.24) is 0 Å². The lowest BCUT2D eigenvalue weighted by molar-refractivity contribution is -0.139. The standard InChI is InChI=1S/C23H21NO5S2/c1-16(22(25)18-10-12-19(13-11-18)24-31(2,27)28)29-23(26)20(21-9-6-14-30-21)15-17-7-4-3-5-8-17/h3-16,24H,1-2H3/b20-15+. The number of thiophene rings is 1. The van der Waals surface area contributed by atoms with Gasteiger partial charge in [-0.15, -0.1) is 11.3 Å². The highest BCUT2D eigenvalue weighted by Gasteiger charge is 2.23. The zero-order valence-corrected chi connectivity index (χ0v) is 18.6. The van der Waals surface area contributed by atoms with Crippen LogP contribution in [0.4, 0.5) is 5.69 Å². The summed E-state index contributed by atoms with van der Waals surface area (Å²) >= 11 is 1.41. The summed E-state index contributed by atoms with van der Waals surface area (Å²) in [6, 6.07) is 19.0. The molecule has 1 N–H and O–H groups in total.